The van der Waals surface area contributed by atoms with E-state index in [1.54, 1.807) is 0 Å². The van der Waals surface area contributed by atoms with Crippen LogP contribution in [0.2, 0.25) is 0 Å². The summed E-state index contributed by atoms with van der Waals surface area (Å²) in [6.45, 7) is 3.29. The Labute approximate surface area is 315 Å². The van der Waals surface area contributed by atoms with Gasteiger partial charge < -0.3 is 26.9 Å². The molecule has 2 nitrogen and oxygen atoms in total. The number of hydrogen-bond acceptors (Lipinski definition) is 2. The van der Waals surface area contributed by atoms with Crippen molar-refractivity contribution in [1.29, 1.82) is 0 Å². The maximum Gasteiger partial charge on any atom is 0.144 e. The summed E-state index contributed by atoms with van der Waals surface area (Å²) in [5, 5.41) is 18.8. The second-order valence-corrected chi connectivity index (χ2v) is 18.8. The molecule has 0 saturated carbocycles. The van der Waals surface area contributed by atoms with E-state index in [0.717, 1.165) is 13.1 Å². The second-order valence-electron chi connectivity index (χ2n) is 11.6. The van der Waals surface area contributed by atoms with Crippen LogP contribution in [-0.4, -0.2) is 12.1 Å². The van der Waals surface area contributed by atoms with E-state index in [2.05, 4.69) is 219 Å². The van der Waals surface area contributed by atoms with Gasteiger partial charge >= 0.3 is 0 Å². The first-order chi connectivity index (χ1) is 24.5. The molecule has 0 atom stereocenters. The van der Waals surface area contributed by atoms with Gasteiger partial charge in [-0.05, 0) is 98.8 Å². The van der Waals surface area contributed by atoms with Crippen molar-refractivity contribution in [3.8, 4) is 0 Å². The van der Waals surface area contributed by atoms with Crippen LogP contribution in [-0.2, 0) is 4.79 Å². The van der Waals surface area contributed by atoms with Gasteiger partial charge in [0.15, 0.2) is 0 Å². The normalized spacial score (nSPS) is 10.6. The lowest BCUT2D eigenvalue weighted by molar-refractivity contribution is -0.302. The van der Waals surface area contributed by atoms with Gasteiger partial charge in [-0.1, -0.05) is 127 Å². The zero-order valence-electron chi connectivity index (χ0n) is 29.0. The van der Waals surface area contributed by atoms with Crippen molar-refractivity contribution in [2.75, 3.05) is 6.16 Å². The molecule has 7 rings (SSSR count). The van der Waals surface area contributed by atoms with Gasteiger partial charge in [-0.3, -0.25) is 0 Å². The van der Waals surface area contributed by atoms with Gasteiger partial charge in [0, 0.05) is 5.97 Å². The Morgan fingerprint density at radius 1 is 0.392 bits per heavy atom. The first-order valence-electron chi connectivity index (χ1n) is 16.9. The van der Waals surface area contributed by atoms with Crippen LogP contribution in [0.15, 0.2) is 212 Å². The lowest BCUT2D eigenvalue weighted by Crippen LogP contribution is -3.00. The van der Waals surface area contributed by atoms with Gasteiger partial charge in [0.1, 0.15) is 51.7 Å². The molecule has 5 heteroatoms. The Balaban J connectivity index is 0.000000206. The highest BCUT2D eigenvalue weighted by atomic mass is 79.9. The van der Waals surface area contributed by atoms with Gasteiger partial charge in [0.25, 0.3) is 0 Å². The summed E-state index contributed by atoms with van der Waals surface area (Å²) in [5.74, 6) is -1.08. The minimum Gasteiger partial charge on any atom is -1.00 e. The summed E-state index contributed by atoms with van der Waals surface area (Å²) in [6.07, 6.45) is 1.14. The van der Waals surface area contributed by atoms with E-state index in [1.165, 1.54) is 37.1 Å². The standard InChI is InChI=1S/C24H20P.C20H20P.C2H4O2.BrH/c1-5-13-21(14-6-1)25(22-15-7-2-8-16-22,23-17-9-3-10-18-23)24-19-11-4-12-20-24;1-2-21(18-12-6-3-7-13-18,19-14-8-4-9-15-19)20-16-10-5-11-17-20;1-2(3)4;/h1-20H;3-17H,2H2,1H3;1H3,(H,3,4);1H/q2*+1;;/p-2. The quantitative estimate of drug-likeness (QED) is 0.219. The highest BCUT2D eigenvalue weighted by molar-refractivity contribution is 8.01. The van der Waals surface area contributed by atoms with Gasteiger partial charge in [0.2, 0.25) is 0 Å². The Morgan fingerprint density at radius 2 is 0.549 bits per heavy atom. The van der Waals surface area contributed by atoms with Crippen molar-refractivity contribution in [3.63, 3.8) is 0 Å². The molecular weight excluding hydrogens is 726 g/mol. The van der Waals surface area contributed by atoms with Crippen molar-refractivity contribution in [2.24, 2.45) is 0 Å². The van der Waals surface area contributed by atoms with Crippen molar-refractivity contribution in [1.82, 2.24) is 0 Å². The molecule has 0 bridgehead atoms. The molecule has 0 fully saturated rings. The molecule has 0 saturated heterocycles. The Hall–Kier alpha value is -4.65. The predicted octanol–water partition coefficient (Wildman–Crippen LogP) is 4.07. The fourth-order valence-electron chi connectivity index (χ4n) is 6.54. The lowest BCUT2D eigenvalue weighted by atomic mass is 10.3. The fraction of sp³-hybridized carbons (Fsp3) is 0.0652. The zero-order chi connectivity index (χ0) is 35.1. The van der Waals surface area contributed by atoms with Gasteiger partial charge in [0.05, 0.1) is 6.16 Å². The molecule has 0 spiro atoms. The van der Waals surface area contributed by atoms with Crippen LogP contribution in [0, 0.1) is 0 Å². The third kappa shape index (κ3) is 9.18. The second kappa shape index (κ2) is 19.7. The van der Waals surface area contributed by atoms with E-state index in [0.29, 0.717) is 0 Å². The smallest absolute Gasteiger partial charge is 0.144 e. The molecule has 0 aliphatic rings. The first-order valence-corrected chi connectivity index (χ1v) is 20.6. The highest BCUT2D eigenvalue weighted by Crippen LogP contribution is 2.55. The Kier molecular flexibility index (Phi) is 15.1. The summed E-state index contributed by atoms with van der Waals surface area (Å²) < 4.78 is 0. The number of carboxylic acid groups (broad SMARTS) is 1. The highest BCUT2D eigenvalue weighted by Gasteiger charge is 2.47. The van der Waals surface area contributed by atoms with Gasteiger partial charge in [-0.15, -0.1) is 0 Å². The minimum atomic E-state index is -1.91. The molecule has 0 heterocycles. The minimum absolute atomic E-state index is 0. The molecule has 0 aliphatic carbocycles. The Bertz CT molecular complexity index is 1730. The maximum absolute atomic E-state index is 8.89. The van der Waals surface area contributed by atoms with Crippen molar-refractivity contribution < 1.29 is 26.9 Å². The van der Waals surface area contributed by atoms with E-state index >= 15 is 0 Å². The molecule has 0 radical (unpaired) electrons. The van der Waals surface area contributed by atoms with Crippen molar-refractivity contribution in [3.05, 3.63) is 212 Å². The van der Waals surface area contributed by atoms with Gasteiger partial charge in [-0.25, -0.2) is 0 Å². The average Bonchev–Trinajstić information content (AvgIpc) is 3.19. The molecule has 256 valence electrons. The van der Waals surface area contributed by atoms with Crippen LogP contribution < -0.4 is 59.2 Å². The van der Waals surface area contributed by atoms with E-state index in [4.69, 9.17) is 9.90 Å². The van der Waals surface area contributed by atoms with E-state index in [-0.39, 0.29) is 17.0 Å². The average molecular weight is 770 g/mol. The first kappa shape index (κ1) is 39.1. The van der Waals surface area contributed by atoms with E-state index in [9.17, 15) is 0 Å². The monoisotopic (exact) mass is 768 g/mol. The number of carboxylic acids is 1. The topological polar surface area (TPSA) is 40.1 Å². The fourth-order valence-corrected chi connectivity index (χ4v) is 14.8. The molecule has 7 aromatic carbocycles. The van der Waals surface area contributed by atoms with Crippen molar-refractivity contribution >= 4 is 57.6 Å². The van der Waals surface area contributed by atoms with Crippen LogP contribution in [0.4, 0.5) is 0 Å². The lowest BCUT2D eigenvalue weighted by Gasteiger charge is -2.27. The van der Waals surface area contributed by atoms with Gasteiger partial charge in [-0.2, -0.15) is 0 Å². The predicted molar refractivity (Wildman–Crippen MR) is 218 cm³/mol. The molecule has 0 aliphatic heterocycles. The number of aliphatic carboxylic acids is 1. The molecular formula is C46H43BrO2P2. The largest absolute Gasteiger partial charge is 1.00 e. The number of benzene rings is 7. The maximum atomic E-state index is 8.89. The summed E-state index contributed by atoms with van der Waals surface area (Å²) in [7, 11) is -3.44. The summed E-state index contributed by atoms with van der Waals surface area (Å²) in [6, 6.07) is 76.8. The van der Waals surface area contributed by atoms with Crippen molar-refractivity contribution in [2.45, 2.75) is 13.8 Å². The van der Waals surface area contributed by atoms with Crippen LogP contribution in [0.5, 0.6) is 0 Å². The van der Waals surface area contributed by atoms with E-state index in [1.807, 2.05) is 0 Å². The summed E-state index contributed by atoms with van der Waals surface area (Å²) >= 11 is 0. The van der Waals surface area contributed by atoms with Crippen LogP contribution in [0.1, 0.15) is 13.8 Å². The molecule has 51 heavy (non-hydrogen) atoms. The molecule has 0 unspecified atom stereocenters. The summed E-state index contributed by atoms with van der Waals surface area (Å²) in [5.41, 5.74) is 0. The Morgan fingerprint density at radius 3 is 0.706 bits per heavy atom. The van der Waals surface area contributed by atoms with E-state index < -0.39 is 20.5 Å². The van der Waals surface area contributed by atoms with Crippen LogP contribution >= 0.6 is 14.5 Å². The number of rotatable bonds is 8. The molecule has 0 amide bonds. The summed E-state index contributed by atoms with van der Waals surface area (Å²) in [4.78, 5) is 8.89. The third-order valence-corrected chi connectivity index (χ3v) is 17.4. The molecule has 0 N–H and O–H groups in total. The number of hydrogen-bond donors (Lipinski definition) is 0. The number of carbonyl (C=O) groups is 1. The third-order valence-electron chi connectivity index (χ3n) is 8.64. The van der Waals surface area contributed by atoms with Crippen LogP contribution in [0.25, 0.3) is 0 Å². The zero-order valence-corrected chi connectivity index (χ0v) is 32.4. The SMILES string of the molecule is CC(=O)[O-].CC[P+](c1ccccc1)(c1ccccc1)c1ccccc1.[Br-].c1ccc([P+](c2ccccc2)(c2ccccc2)c2ccccc2)cc1. The number of halogens is 1. The number of carbonyl (C=O) groups excluding carboxylic acids is 1. The molecule has 7 aromatic rings. The van der Waals surface area contributed by atoms with Crippen LogP contribution in [0.3, 0.4) is 0 Å². The molecule has 0 aromatic heterocycles.